The highest BCUT2D eigenvalue weighted by atomic mass is 31.0. The molecule has 0 heterocycles. The van der Waals surface area contributed by atoms with Gasteiger partial charge in [-0.05, 0) is 45.1 Å². The lowest BCUT2D eigenvalue weighted by molar-refractivity contribution is -0.142. The summed E-state index contributed by atoms with van der Waals surface area (Å²) in [6.07, 6.45) is 18.2. The van der Waals surface area contributed by atoms with E-state index in [1.807, 2.05) is 6.92 Å². The third-order valence-corrected chi connectivity index (χ3v) is 7.78. The Morgan fingerprint density at radius 1 is 0.595 bits per heavy atom. The number of nitrogens with one attached hydrogen (secondary N) is 3. The van der Waals surface area contributed by atoms with Crippen molar-refractivity contribution in [3.8, 4) is 0 Å². The largest absolute Gasteiger partial charge is 0.481 e. The minimum atomic E-state index is -1.14. The zero-order chi connectivity index (χ0) is 31.4. The van der Waals surface area contributed by atoms with E-state index in [1.54, 1.807) is 0 Å². The fraction of sp³-hybridized carbons (Fsp3) is 0.839. The van der Waals surface area contributed by atoms with Crippen LogP contribution in [0.25, 0.3) is 0 Å². The van der Waals surface area contributed by atoms with Gasteiger partial charge in [-0.15, -0.1) is 0 Å². The van der Waals surface area contributed by atoms with Gasteiger partial charge in [0.25, 0.3) is 0 Å². The van der Waals surface area contributed by atoms with Crippen molar-refractivity contribution >= 4 is 38.5 Å². The van der Waals surface area contributed by atoms with Crippen LogP contribution in [0, 0.1) is 0 Å². The van der Waals surface area contributed by atoms with Crippen LogP contribution in [-0.4, -0.2) is 64.7 Å². The van der Waals surface area contributed by atoms with Gasteiger partial charge in [0.2, 0.25) is 11.8 Å². The van der Waals surface area contributed by atoms with Crippen molar-refractivity contribution in [1.82, 2.24) is 16.0 Å². The van der Waals surface area contributed by atoms with Crippen molar-refractivity contribution in [3.63, 3.8) is 0 Å². The quantitative estimate of drug-likeness (QED) is 0.0535. The van der Waals surface area contributed by atoms with Gasteiger partial charge in [-0.2, -0.15) is 0 Å². The minimum absolute atomic E-state index is 0.0238. The molecule has 0 aliphatic heterocycles. The number of hydrogen-bond acceptors (Lipinski definition) is 6. The van der Waals surface area contributed by atoms with Crippen LogP contribution >= 0.6 is 9.24 Å². The molecule has 0 rings (SSSR count). The van der Waals surface area contributed by atoms with Crippen molar-refractivity contribution in [3.05, 3.63) is 0 Å². The molecule has 3 atom stereocenters. The van der Waals surface area contributed by atoms with Crippen LogP contribution < -0.4 is 16.0 Å². The lowest BCUT2D eigenvalue weighted by atomic mass is 10.0. The molecular formula is C31H58N3O7P. The molecule has 0 aromatic rings. The van der Waals surface area contributed by atoms with E-state index in [0.29, 0.717) is 25.9 Å². The summed E-state index contributed by atoms with van der Waals surface area (Å²) in [5, 5.41) is 26.5. The molecular weight excluding hydrogens is 557 g/mol. The van der Waals surface area contributed by atoms with Crippen molar-refractivity contribution in [2.75, 3.05) is 13.1 Å². The summed E-state index contributed by atoms with van der Waals surface area (Å²) in [5.41, 5.74) is 0.0248. The highest BCUT2D eigenvalue weighted by Crippen LogP contribution is 2.14. The minimum Gasteiger partial charge on any atom is -0.481 e. The Balaban J connectivity index is 3.76. The Kier molecular flexibility index (Phi) is 26.4. The standard InChI is InChI=1S/C31H58N3O7P/c1-2-32-26(31(41)42)19-17-18-24-33-27(35)23-22-25(30(39)40)34-28(36)20-15-13-11-9-7-5-3-4-6-8-10-12-14-16-21-29(37)38/h25-26,32H,2-24,42H2,1H3,(H,33,35)(H,34,36)(H,37,38)(H,39,40)/t25-,26-/m0/s1. The number of hydrogen-bond donors (Lipinski definition) is 5. The van der Waals surface area contributed by atoms with Crippen molar-refractivity contribution in [2.45, 2.75) is 154 Å². The number of unbranched alkanes of at least 4 members (excludes halogenated alkanes) is 14. The van der Waals surface area contributed by atoms with E-state index in [1.165, 1.54) is 44.9 Å². The highest BCUT2D eigenvalue weighted by molar-refractivity contribution is 7.40. The molecule has 11 heteroatoms. The molecule has 0 spiro atoms. The molecule has 5 N–H and O–H groups in total. The monoisotopic (exact) mass is 615 g/mol. The van der Waals surface area contributed by atoms with E-state index in [4.69, 9.17) is 5.11 Å². The summed E-state index contributed by atoms with van der Waals surface area (Å²) in [5.74, 6) is -2.37. The Hall–Kier alpha value is -2.06. The number of carbonyl (C=O) groups excluding carboxylic acids is 3. The third-order valence-electron chi connectivity index (χ3n) is 7.37. The first-order valence-electron chi connectivity index (χ1n) is 16.2. The van der Waals surface area contributed by atoms with Crippen LogP contribution in [-0.2, 0) is 24.0 Å². The summed E-state index contributed by atoms with van der Waals surface area (Å²) in [7, 11) is 2.20. The van der Waals surface area contributed by atoms with E-state index in [0.717, 1.165) is 57.8 Å². The lowest BCUT2D eigenvalue weighted by Gasteiger charge is -2.15. The summed E-state index contributed by atoms with van der Waals surface area (Å²) in [6, 6.07) is -1.27. The zero-order valence-corrected chi connectivity index (χ0v) is 27.1. The molecule has 42 heavy (non-hydrogen) atoms. The average molecular weight is 616 g/mol. The lowest BCUT2D eigenvalue weighted by Crippen LogP contribution is -2.41. The topological polar surface area (TPSA) is 162 Å². The number of amides is 2. The van der Waals surface area contributed by atoms with Gasteiger partial charge in [-0.1, -0.05) is 93.2 Å². The van der Waals surface area contributed by atoms with Crippen molar-refractivity contribution in [1.29, 1.82) is 0 Å². The molecule has 0 aliphatic rings. The van der Waals surface area contributed by atoms with Gasteiger partial charge in [0, 0.05) is 25.8 Å². The van der Waals surface area contributed by atoms with Crippen LogP contribution in [0.15, 0.2) is 0 Å². The summed E-state index contributed by atoms with van der Waals surface area (Å²) in [4.78, 5) is 57.9. The van der Waals surface area contributed by atoms with Crippen molar-refractivity contribution < 1.29 is 34.2 Å². The SMILES string of the molecule is CCN[C@@H](CCCCNC(=O)CC[C@H](NC(=O)CCCCCCCCCCCCCCCCC(=O)O)C(=O)O)C(=O)P. The van der Waals surface area contributed by atoms with Gasteiger partial charge in [0.1, 0.15) is 6.04 Å². The van der Waals surface area contributed by atoms with E-state index >= 15 is 0 Å². The molecule has 244 valence electrons. The highest BCUT2D eigenvalue weighted by Gasteiger charge is 2.21. The Morgan fingerprint density at radius 2 is 1.10 bits per heavy atom. The molecule has 0 aliphatic carbocycles. The van der Waals surface area contributed by atoms with Crippen LogP contribution in [0.1, 0.15) is 142 Å². The van der Waals surface area contributed by atoms with Gasteiger partial charge < -0.3 is 26.2 Å². The summed E-state index contributed by atoms with van der Waals surface area (Å²) < 4.78 is 0. The molecule has 0 saturated carbocycles. The van der Waals surface area contributed by atoms with E-state index < -0.39 is 18.0 Å². The normalized spacial score (nSPS) is 12.4. The van der Waals surface area contributed by atoms with E-state index in [9.17, 15) is 29.1 Å². The molecule has 0 fully saturated rings. The van der Waals surface area contributed by atoms with Crippen LogP contribution in [0.5, 0.6) is 0 Å². The molecule has 0 radical (unpaired) electrons. The predicted octanol–water partition coefficient (Wildman–Crippen LogP) is 5.33. The zero-order valence-electron chi connectivity index (χ0n) is 25.9. The molecule has 0 aromatic heterocycles. The molecule has 1 unspecified atom stereocenters. The van der Waals surface area contributed by atoms with Gasteiger partial charge in [-0.25, -0.2) is 4.79 Å². The molecule has 0 bridgehead atoms. The van der Waals surface area contributed by atoms with Gasteiger partial charge >= 0.3 is 11.9 Å². The fourth-order valence-corrected chi connectivity index (χ4v) is 5.15. The predicted molar refractivity (Wildman–Crippen MR) is 169 cm³/mol. The van der Waals surface area contributed by atoms with Gasteiger partial charge in [0.05, 0.1) is 6.04 Å². The molecule has 10 nitrogen and oxygen atoms in total. The van der Waals surface area contributed by atoms with Crippen LogP contribution in [0.2, 0.25) is 0 Å². The summed E-state index contributed by atoms with van der Waals surface area (Å²) >= 11 is 0. The van der Waals surface area contributed by atoms with Crippen LogP contribution in [0.3, 0.4) is 0 Å². The number of carboxylic acid groups (broad SMARTS) is 2. The number of aliphatic carboxylic acids is 2. The fourth-order valence-electron chi connectivity index (χ4n) is 4.86. The maximum Gasteiger partial charge on any atom is 0.326 e. The van der Waals surface area contributed by atoms with Crippen LogP contribution in [0.4, 0.5) is 0 Å². The second-order valence-electron chi connectivity index (χ2n) is 11.2. The first kappa shape index (κ1) is 39.9. The second-order valence-corrected chi connectivity index (χ2v) is 11.8. The first-order chi connectivity index (χ1) is 20.2. The smallest absolute Gasteiger partial charge is 0.326 e. The van der Waals surface area contributed by atoms with E-state index in [-0.39, 0.29) is 42.6 Å². The van der Waals surface area contributed by atoms with Crippen molar-refractivity contribution in [2.24, 2.45) is 0 Å². The third kappa shape index (κ3) is 25.6. The number of likely N-dealkylation sites (N-methyl/N-ethyl adjacent to an activating group) is 1. The number of carboxylic acids is 2. The maximum atomic E-state index is 12.2. The van der Waals surface area contributed by atoms with E-state index in [2.05, 4.69) is 25.2 Å². The van der Waals surface area contributed by atoms with Gasteiger partial charge in [0.15, 0.2) is 5.52 Å². The first-order valence-corrected chi connectivity index (χ1v) is 16.8. The summed E-state index contributed by atoms with van der Waals surface area (Å²) in [6.45, 7) is 3.12. The second kappa shape index (κ2) is 27.8. The maximum absolute atomic E-state index is 12.2. The Morgan fingerprint density at radius 3 is 1.55 bits per heavy atom. The Bertz CT molecular complexity index is 767. The number of rotatable bonds is 30. The molecule has 0 aromatic carbocycles. The van der Waals surface area contributed by atoms with Gasteiger partial charge in [-0.3, -0.25) is 19.2 Å². The average Bonchev–Trinajstić information content (AvgIpc) is 2.93. The molecule has 2 amide bonds. The molecule has 0 saturated heterocycles. The Labute approximate surface area is 255 Å². The number of carbonyl (C=O) groups is 5.